The van der Waals surface area contributed by atoms with Crippen molar-refractivity contribution >= 4 is 11.8 Å². The largest absolute Gasteiger partial charge is 0.311 e. The van der Waals surface area contributed by atoms with E-state index in [1.165, 1.54) is 50.7 Å². The molecule has 0 bridgehead atoms. The van der Waals surface area contributed by atoms with Crippen LogP contribution in [0.25, 0.3) is 0 Å². The predicted molar refractivity (Wildman–Crippen MR) is 94.1 cm³/mol. The molecule has 4 unspecified atom stereocenters. The highest BCUT2D eigenvalue weighted by molar-refractivity contribution is 7.99. The average molecular weight is 304 g/mol. The summed E-state index contributed by atoms with van der Waals surface area (Å²) in [6.07, 6.45) is 9.71. The van der Waals surface area contributed by atoms with Gasteiger partial charge in [-0.05, 0) is 49.3 Å². The summed E-state index contributed by atoms with van der Waals surface area (Å²) in [6.45, 7) is 2.29. The summed E-state index contributed by atoms with van der Waals surface area (Å²) in [5.41, 5.74) is 1.55. The molecule has 0 amide bonds. The highest BCUT2D eigenvalue weighted by Gasteiger charge is 2.31. The zero-order chi connectivity index (χ0) is 14.5. The molecule has 2 heteroatoms. The minimum atomic E-state index is 0.705. The zero-order valence-electron chi connectivity index (χ0n) is 13.3. The van der Waals surface area contributed by atoms with E-state index in [1.807, 2.05) is 0 Å². The van der Waals surface area contributed by atoms with Crippen molar-refractivity contribution in [2.45, 2.75) is 75.1 Å². The Morgan fingerprint density at radius 2 is 1.86 bits per heavy atom. The van der Waals surface area contributed by atoms with Gasteiger partial charge in [0.1, 0.15) is 0 Å². The Hall–Kier alpha value is -0.470. The first-order chi connectivity index (χ1) is 10.4. The van der Waals surface area contributed by atoms with Gasteiger partial charge in [0.2, 0.25) is 0 Å². The standard InChI is InChI=1S/C19H29NS/c1-2-21-17-13-12-16(14-17)20-19-11-7-6-10-18(19)15-8-4-3-5-9-15/h3-5,8-9,16-20H,2,6-7,10-14H2,1H3. The van der Waals surface area contributed by atoms with Crippen molar-refractivity contribution in [2.75, 3.05) is 5.75 Å². The van der Waals surface area contributed by atoms with Crippen molar-refractivity contribution in [1.29, 1.82) is 0 Å². The second-order valence-electron chi connectivity index (χ2n) is 6.66. The number of thioether (sulfide) groups is 1. The Bertz CT molecular complexity index is 419. The van der Waals surface area contributed by atoms with Crippen molar-refractivity contribution in [2.24, 2.45) is 0 Å². The lowest BCUT2D eigenvalue weighted by molar-refractivity contribution is 0.299. The van der Waals surface area contributed by atoms with Crippen LogP contribution in [0.3, 0.4) is 0 Å². The third-order valence-corrected chi connectivity index (χ3v) is 6.46. The minimum Gasteiger partial charge on any atom is -0.311 e. The van der Waals surface area contributed by atoms with Gasteiger partial charge < -0.3 is 5.32 Å². The fraction of sp³-hybridized carbons (Fsp3) is 0.684. The average Bonchev–Trinajstić information content (AvgIpc) is 2.96. The lowest BCUT2D eigenvalue weighted by atomic mass is 9.79. The number of hydrogen-bond acceptors (Lipinski definition) is 2. The van der Waals surface area contributed by atoms with E-state index in [4.69, 9.17) is 0 Å². The quantitative estimate of drug-likeness (QED) is 0.823. The maximum atomic E-state index is 4.04. The van der Waals surface area contributed by atoms with Gasteiger partial charge >= 0.3 is 0 Å². The first-order valence-corrected chi connectivity index (χ1v) is 9.84. The van der Waals surface area contributed by atoms with Crippen LogP contribution in [0.2, 0.25) is 0 Å². The summed E-state index contributed by atoms with van der Waals surface area (Å²) in [7, 11) is 0. The lowest BCUT2D eigenvalue weighted by Gasteiger charge is -2.35. The summed E-state index contributed by atoms with van der Waals surface area (Å²) in [5.74, 6) is 2.01. The predicted octanol–water partition coefficient (Wildman–Crippen LogP) is 4.98. The Morgan fingerprint density at radius 1 is 1.05 bits per heavy atom. The van der Waals surface area contributed by atoms with Gasteiger partial charge in [-0.3, -0.25) is 0 Å². The van der Waals surface area contributed by atoms with E-state index < -0.39 is 0 Å². The number of nitrogens with one attached hydrogen (secondary N) is 1. The van der Waals surface area contributed by atoms with Crippen molar-refractivity contribution < 1.29 is 0 Å². The maximum absolute atomic E-state index is 4.04. The first kappa shape index (κ1) is 15.4. The van der Waals surface area contributed by atoms with E-state index in [-0.39, 0.29) is 0 Å². The Morgan fingerprint density at radius 3 is 2.67 bits per heavy atom. The monoisotopic (exact) mass is 303 g/mol. The fourth-order valence-corrected chi connectivity index (χ4v) is 5.35. The highest BCUT2D eigenvalue weighted by Crippen LogP contribution is 2.36. The summed E-state index contributed by atoms with van der Waals surface area (Å²) < 4.78 is 0. The third-order valence-electron chi connectivity index (χ3n) is 5.23. The van der Waals surface area contributed by atoms with Gasteiger partial charge in [0.15, 0.2) is 0 Å². The van der Waals surface area contributed by atoms with Crippen molar-refractivity contribution in [3.63, 3.8) is 0 Å². The maximum Gasteiger partial charge on any atom is 0.0138 e. The molecule has 0 radical (unpaired) electrons. The van der Waals surface area contributed by atoms with E-state index in [9.17, 15) is 0 Å². The number of benzene rings is 1. The zero-order valence-corrected chi connectivity index (χ0v) is 14.1. The van der Waals surface area contributed by atoms with Gasteiger partial charge in [-0.25, -0.2) is 0 Å². The molecule has 2 saturated carbocycles. The molecule has 2 fully saturated rings. The van der Waals surface area contributed by atoms with Crippen LogP contribution in [0.4, 0.5) is 0 Å². The molecule has 0 heterocycles. The van der Waals surface area contributed by atoms with Crippen molar-refractivity contribution in [1.82, 2.24) is 5.32 Å². The van der Waals surface area contributed by atoms with Crippen LogP contribution in [-0.4, -0.2) is 23.1 Å². The molecule has 1 N–H and O–H groups in total. The summed E-state index contributed by atoms with van der Waals surface area (Å²) >= 11 is 2.16. The SMILES string of the molecule is CCSC1CCC(NC2CCCCC2c2ccccc2)C1. The molecule has 1 aromatic carbocycles. The molecule has 1 aromatic rings. The molecule has 2 aliphatic carbocycles. The molecule has 3 rings (SSSR count). The molecule has 21 heavy (non-hydrogen) atoms. The molecule has 0 spiro atoms. The molecular formula is C19H29NS. The van der Waals surface area contributed by atoms with Gasteiger partial charge in [0.05, 0.1) is 0 Å². The Kier molecular flexibility index (Phi) is 5.65. The number of rotatable bonds is 5. The van der Waals surface area contributed by atoms with Crippen LogP contribution in [0, 0.1) is 0 Å². The summed E-state index contributed by atoms with van der Waals surface area (Å²) in [5, 5.41) is 4.95. The second-order valence-corrected chi connectivity index (χ2v) is 8.24. The lowest BCUT2D eigenvalue weighted by Crippen LogP contribution is -2.42. The van der Waals surface area contributed by atoms with Crippen LogP contribution >= 0.6 is 11.8 Å². The molecule has 1 nitrogen and oxygen atoms in total. The highest BCUT2D eigenvalue weighted by atomic mass is 32.2. The minimum absolute atomic E-state index is 0.705. The normalized spacial score (nSPS) is 33.2. The van der Waals surface area contributed by atoms with E-state index in [1.54, 1.807) is 5.56 Å². The molecule has 4 atom stereocenters. The molecule has 116 valence electrons. The molecule has 0 saturated heterocycles. The second kappa shape index (κ2) is 7.69. The van der Waals surface area contributed by atoms with Crippen LogP contribution in [0.5, 0.6) is 0 Å². The fourth-order valence-electron chi connectivity index (χ4n) is 4.21. The Labute approximate surface area is 134 Å². The summed E-state index contributed by atoms with van der Waals surface area (Å²) in [6, 6.07) is 12.7. The number of hydrogen-bond donors (Lipinski definition) is 1. The van der Waals surface area contributed by atoms with E-state index in [0.29, 0.717) is 6.04 Å². The topological polar surface area (TPSA) is 12.0 Å². The van der Waals surface area contributed by atoms with Crippen molar-refractivity contribution in [3.8, 4) is 0 Å². The molecular weight excluding hydrogens is 274 g/mol. The van der Waals surface area contributed by atoms with Crippen molar-refractivity contribution in [3.05, 3.63) is 35.9 Å². The molecule has 0 aromatic heterocycles. The van der Waals surface area contributed by atoms with E-state index >= 15 is 0 Å². The summed E-state index contributed by atoms with van der Waals surface area (Å²) in [4.78, 5) is 0. The van der Waals surface area contributed by atoms with Crippen LogP contribution in [0.1, 0.15) is 63.4 Å². The van der Waals surface area contributed by atoms with Crippen LogP contribution in [-0.2, 0) is 0 Å². The first-order valence-electron chi connectivity index (χ1n) is 8.79. The van der Waals surface area contributed by atoms with Crippen LogP contribution in [0.15, 0.2) is 30.3 Å². The van der Waals surface area contributed by atoms with Gasteiger partial charge in [0.25, 0.3) is 0 Å². The Balaban J connectivity index is 1.60. The molecule has 0 aliphatic heterocycles. The van der Waals surface area contributed by atoms with E-state index in [2.05, 4.69) is 54.3 Å². The van der Waals surface area contributed by atoms with Gasteiger partial charge in [-0.2, -0.15) is 11.8 Å². The van der Waals surface area contributed by atoms with Crippen LogP contribution < -0.4 is 5.32 Å². The van der Waals surface area contributed by atoms with E-state index in [0.717, 1.165) is 17.2 Å². The van der Waals surface area contributed by atoms with Gasteiger partial charge in [0, 0.05) is 17.3 Å². The smallest absolute Gasteiger partial charge is 0.0138 e. The van der Waals surface area contributed by atoms with Gasteiger partial charge in [-0.1, -0.05) is 50.1 Å². The van der Waals surface area contributed by atoms with Gasteiger partial charge in [-0.15, -0.1) is 0 Å². The third kappa shape index (κ3) is 4.04. The molecule has 2 aliphatic rings.